The van der Waals surface area contributed by atoms with Gasteiger partial charge in [0.15, 0.2) is 16.0 Å². The second-order valence-corrected chi connectivity index (χ2v) is 8.27. The van der Waals surface area contributed by atoms with Gasteiger partial charge in [0, 0.05) is 5.56 Å². The molecule has 4 aromatic rings. The summed E-state index contributed by atoms with van der Waals surface area (Å²) in [6.07, 6.45) is 0. The highest BCUT2D eigenvalue weighted by molar-refractivity contribution is 8.00. The van der Waals surface area contributed by atoms with Crippen molar-refractivity contribution in [2.45, 2.75) is 17.3 Å². The molecule has 0 saturated heterocycles. The third kappa shape index (κ3) is 3.95. The van der Waals surface area contributed by atoms with E-state index in [1.165, 1.54) is 11.3 Å². The van der Waals surface area contributed by atoms with Gasteiger partial charge in [-0.15, -0.1) is 10.2 Å². The fourth-order valence-electron chi connectivity index (χ4n) is 2.51. The summed E-state index contributed by atoms with van der Waals surface area (Å²) in [6, 6.07) is 16.8. The van der Waals surface area contributed by atoms with Gasteiger partial charge in [-0.2, -0.15) is 0 Å². The number of anilines is 1. The maximum Gasteiger partial charge on any atom is 0.278 e. The molecule has 2 heterocycles. The number of carbonyl (C=O) groups excluding carboxylic acids is 1. The lowest BCUT2D eigenvalue weighted by molar-refractivity contribution is -0.115. The van der Waals surface area contributed by atoms with Crippen LogP contribution in [0.2, 0.25) is 0 Å². The van der Waals surface area contributed by atoms with Crippen molar-refractivity contribution in [3.63, 3.8) is 0 Å². The van der Waals surface area contributed by atoms with Gasteiger partial charge in [0.1, 0.15) is 0 Å². The first-order chi connectivity index (χ1) is 13.6. The smallest absolute Gasteiger partial charge is 0.278 e. The van der Waals surface area contributed by atoms with Crippen LogP contribution in [0.5, 0.6) is 0 Å². The number of benzene rings is 2. The Labute approximate surface area is 168 Å². The van der Waals surface area contributed by atoms with E-state index in [-0.39, 0.29) is 22.3 Å². The van der Waals surface area contributed by atoms with E-state index in [2.05, 4.69) is 25.5 Å². The fourth-order valence-corrected chi connectivity index (χ4v) is 4.12. The summed E-state index contributed by atoms with van der Waals surface area (Å²) >= 11 is 2.54. The van der Waals surface area contributed by atoms with Crippen LogP contribution in [0.3, 0.4) is 0 Å². The number of nitrogens with zero attached hydrogens (tertiary/aromatic N) is 3. The minimum Gasteiger partial charge on any atom is -0.301 e. The summed E-state index contributed by atoms with van der Waals surface area (Å²) in [5, 5.41) is 11.2. The summed E-state index contributed by atoms with van der Waals surface area (Å²) in [7, 11) is 0. The van der Waals surface area contributed by atoms with Gasteiger partial charge in [-0.1, -0.05) is 65.6 Å². The van der Waals surface area contributed by atoms with Crippen LogP contribution in [0.15, 0.2) is 64.5 Å². The van der Waals surface area contributed by atoms with Crippen molar-refractivity contribution in [3.8, 4) is 11.3 Å². The molecule has 0 aliphatic rings. The number of amides is 1. The Kier molecular flexibility index (Phi) is 5.18. The summed E-state index contributed by atoms with van der Waals surface area (Å²) in [5.74, 6) is -0.223. The highest BCUT2D eigenvalue weighted by Crippen LogP contribution is 2.27. The van der Waals surface area contributed by atoms with Crippen LogP contribution in [-0.2, 0) is 4.79 Å². The van der Waals surface area contributed by atoms with Crippen LogP contribution in [0.25, 0.3) is 21.5 Å². The van der Waals surface area contributed by atoms with Crippen LogP contribution < -0.4 is 10.9 Å². The summed E-state index contributed by atoms with van der Waals surface area (Å²) in [5.41, 5.74) is 1.43. The minimum absolute atomic E-state index is 0.223. The SMILES string of the molecule is CC(Sc1nnc(-c2ccccc2)c(=O)[nH]1)C(=O)Nc1nc2ccccc2s1. The fraction of sp³-hybridized carbons (Fsp3) is 0.105. The molecule has 4 rings (SSSR count). The van der Waals surface area contributed by atoms with Crippen molar-refractivity contribution in [3.05, 3.63) is 65.0 Å². The van der Waals surface area contributed by atoms with Crippen LogP contribution in [0.4, 0.5) is 5.13 Å². The number of hydrogen-bond donors (Lipinski definition) is 2. The van der Waals surface area contributed by atoms with Crippen LogP contribution in [0, 0.1) is 0 Å². The summed E-state index contributed by atoms with van der Waals surface area (Å²) in [6.45, 7) is 1.73. The first-order valence-electron chi connectivity index (χ1n) is 8.45. The molecule has 1 unspecified atom stereocenters. The lowest BCUT2D eigenvalue weighted by atomic mass is 10.2. The number of thiazole rings is 1. The molecule has 2 aromatic heterocycles. The average molecular weight is 409 g/mol. The molecule has 140 valence electrons. The molecule has 2 N–H and O–H groups in total. The van der Waals surface area contributed by atoms with E-state index in [4.69, 9.17) is 0 Å². The van der Waals surface area contributed by atoms with Crippen molar-refractivity contribution in [1.29, 1.82) is 0 Å². The number of aromatic nitrogens is 4. The number of aromatic amines is 1. The second-order valence-electron chi connectivity index (χ2n) is 5.91. The molecule has 9 heteroatoms. The van der Waals surface area contributed by atoms with Gasteiger partial charge in [-0.25, -0.2) is 4.98 Å². The van der Waals surface area contributed by atoms with Gasteiger partial charge in [-0.05, 0) is 19.1 Å². The molecule has 0 bridgehead atoms. The molecule has 0 spiro atoms. The van der Waals surface area contributed by atoms with E-state index in [0.29, 0.717) is 10.7 Å². The Bertz CT molecular complexity index is 1160. The lowest BCUT2D eigenvalue weighted by Gasteiger charge is -2.09. The molecule has 28 heavy (non-hydrogen) atoms. The number of hydrogen-bond acceptors (Lipinski definition) is 7. The topological polar surface area (TPSA) is 101 Å². The van der Waals surface area contributed by atoms with E-state index in [1.54, 1.807) is 19.1 Å². The molecule has 7 nitrogen and oxygen atoms in total. The Morgan fingerprint density at radius 3 is 2.61 bits per heavy atom. The van der Waals surface area contributed by atoms with E-state index in [0.717, 1.165) is 22.0 Å². The van der Waals surface area contributed by atoms with E-state index in [9.17, 15) is 9.59 Å². The number of thioether (sulfide) groups is 1. The van der Waals surface area contributed by atoms with E-state index < -0.39 is 5.25 Å². The molecule has 0 radical (unpaired) electrons. The largest absolute Gasteiger partial charge is 0.301 e. The van der Waals surface area contributed by atoms with Gasteiger partial charge in [-0.3, -0.25) is 14.6 Å². The molecular weight excluding hydrogens is 394 g/mol. The van der Waals surface area contributed by atoms with Crippen molar-refractivity contribution in [1.82, 2.24) is 20.2 Å². The normalized spacial score (nSPS) is 12.0. The molecule has 0 fully saturated rings. The van der Waals surface area contributed by atoms with Gasteiger partial charge in [0.25, 0.3) is 5.56 Å². The minimum atomic E-state index is -0.487. The predicted octanol–water partition coefficient (Wildman–Crippen LogP) is 3.56. The first kappa shape index (κ1) is 18.3. The molecule has 0 aliphatic heterocycles. The van der Waals surface area contributed by atoms with Crippen molar-refractivity contribution in [2.75, 3.05) is 5.32 Å². The standard InChI is InChI=1S/C19H15N5O2S2/c1-11(16(25)21-18-20-13-9-5-6-10-14(13)28-18)27-19-22-17(26)15(23-24-19)12-7-3-2-4-8-12/h2-11H,1H3,(H,20,21,25)(H,22,24,26). The van der Waals surface area contributed by atoms with Gasteiger partial charge < -0.3 is 5.32 Å². The first-order valence-corrected chi connectivity index (χ1v) is 10.2. The van der Waals surface area contributed by atoms with Crippen LogP contribution in [-0.4, -0.2) is 31.3 Å². The number of nitrogens with one attached hydrogen (secondary N) is 2. The Balaban J connectivity index is 1.45. The van der Waals surface area contributed by atoms with Crippen molar-refractivity contribution in [2.24, 2.45) is 0 Å². The van der Waals surface area contributed by atoms with Gasteiger partial charge >= 0.3 is 0 Å². The van der Waals surface area contributed by atoms with E-state index >= 15 is 0 Å². The zero-order chi connectivity index (χ0) is 19.5. The van der Waals surface area contributed by atoms with E-state index in [1.807, 2.05) is 42.5 Å². The zero-order valence-electron chi connectivity index (χ0n) is 14.7. The Hall–Kier alpha value is -3.04. The van der Waals surface area contributed by atoms with Crippen LogP contribution >= 0.6 is 23.1 Å². The average Bonchev–Trinajstić information content (AvgIpc) is 3.11. The monoisotopic (exact) mass is 409 g/mol. The highest BCUT2D eigenvalue weighted by Gasteiger charge is 2.18. The number of carbonyl (C=O) groups is 1. The second kappa shape index (κ2) is 7.91. The third-order valence-electron chi connectivity index (χ3n) is 3.91. The number of rotatable bonds is 5. The van der Waals surface area contributed by atoms with Crippen molar-refractivity contribution < 1.29 is 4.79 Å². The van der Waals surface area contributed by atoms with Crippen LogP contribution in [0.1, 0.15) is 6.92 Å². The maximum atomic E-state index is 12.5. The van der Waals surface area contributed by atoms with Crippen molar-refractivity contribution >= 4 is 44.4 Å². The molecule has 2 aromatic carbocycles. The maximum absolute atomic E-state index is 12.5. The molecule has 1 atom stereocenters. The molecule has 0 saturated carbocycles. The Morgan fingerprint density at radius 2 is 1.86 bits per heavy atom. The highest BCUT2D eigenvalue weighted by atomic mass is 32.2. The number of para-hydroxylation sites is 1. The zero-order valence-corrected chi connectivity index (χ0v) is 16.4. The molecule has 0 aliphatic carbocycles. The summed E-state index contributed by atoms with van der Waals surface area (Å²) < 4.78 is 1.00. The Morgan fingerprint density at radius 1 is 1.11 bits per heavy atom. The number of fused-ring (bicyclic) bond motifs is 1. The van der Waals surface area contributed by atoms with Gasteiger partial charge in [0.2, 0.25) is 5.91 Å². The number of H-pyrrole nitrogens is 1. The van der Waals surface area contributed by atoms with Gasteiger partial charge in [0.05, 0.1) is 15.5 Å². The molecule has 1 amide bonds. The summed E-state index contributed by atoms with van der Waals surface area (Å²) in [4.78, 5) is 31.8. The lowest BCUT2D eigenvalue weighted by Crippen LogP contribution is -2.23. The third-order valence-corrected chi connectivity index (χ3v) is 5.83. The quantitative estimate of drug-likeness (QED) is 0.489. The predicted molar refractivity (Wildman–Crippen MR) is 112 cm³/mol. The molecular formula is C19H15N5O2S2.